The van der Waals surface area contributed by atoms with Gasteiger partial charge in [0.15, 0.2) is 0 Å². The molecule has 2 atom stereocenters. The Bertz CT molecular complexity index is 1260. The van der Waals surface area contributed by atoms with Crippen LogP contribution in [0.2, 0.25) is 5.02 Å². The molecule has 168 valence electrons. The fourth-order valence-electron chi connectivity index (χ4n) is 4.32. The third-order valence-electron chi connectivity index (χ3n) is 5.89. The Labute approximate surface area is 197 Å². The van der Waals surface area contributed by atoms with E-state index in [-0.39, 0.29) is 18.4 Å². The van der Waals surface area contributed by atoms with Crippen molar-refractivity contribution in [1.82, 2.24) is 9.55 Å². The minimum absolute atomic E-state index is 0.0607. The lowest BCUT2D eigenvalue weighted by Crippen LogP contribution is -2.26. The molecule has 1 aromatic heterocycles. The second-order valence-corrected chi connectivity index (χ2v) is 8.67. The van der Waals surface area contributed by atoms with Crippen molar-refractivity contribution in [2.24, 2.45) is 0 Å². The van der Waals surface area contributed by atoms with Crippen molar-refractivity contribution >= 4 is 34.2 Å². The highest BCUT2D eigenvalue weighted by Crippen LogP contribution is 2.33. The minimum Gasteiger partial charge on any atom is -0.491 e. The van der Waals surface area contributed by atoms with E-state index >= 15 is 0 Å². The molecule has 33 heavy (non-hydrogen) atoms. The maximum Gasteiger partial charge on any atom is 0.227 e. The number of amides is 1. The quantitative estimate of drug-likeness (QED) is 0.435. The Morgan fingerprint density at radius 2 is 1.76 bits per heavy atom. The number of carbonyl (C=O) groups excluding carboxylic acids is 1. The predicted molar refractivity (Wildman–Crippen MR) is 129 cm³/mol. The zero-order chi connectivity index (χ0) is 22.8. The Hall–Kier alpha value is -3.35. The van der Waals surface area contributed by atoms with Crippen LogP contribution in [-0.2, 0) is 11.3 Å². The number of benzene rings is 3. The lowest BCUT2D eigenvalue weighted by molar-refractivity contribution is -0.117. The van der Waals surface area contributed by atoms with Crippen molar-refractivity contribution in [3.05, 3.63) is 89.7 Å². The number of para-hydroxylation sites is 3. The molecule has 4 aromatic rings. The number of halogens is 1. The number of hydrogen-bond acceptors (Lipinski definition) is 4. The maximum absolute atomic E-state index is 12.8. The molecular formula is C26H24ClN3O3. The van der Waals surface area contributed by atoms with Crippen LogP contribution in [0.1, 0.15) is 18.2 Å². The molecule has 0 unspecified atom stereocenters. The van der Waals surface area contributed by atoms with Crippen LogP contribution in [0.25, 0.3) is 11.0 Å². The molecule has 3 aromatic carbocycles. The SMILES string of the molecule is O=C1C[C@H](c2nc3ccccc3n2C[C@H](O)COc2ccc(Cl)cc2)CN1c1ccccc1. The molecule has 1 saturated heterocycles. The van der Waals surface area contributed by atoms with Gasteiger partial charge in [0.2, 0.25) is 5.91 Å². The number of rotatable bonds is 7. The summed E-state index contributed by atoms with van der Waals surface area (Å²) in [7, 11) is 0. The van der Waals surface area contributed by atoms with E-state index in [4.69, 9.17) is 21.3 Å². The van der Waals surface area contributed by atoms with Crippen LogP contribution in [0.5, 0.6) is 5.75 Å². The lowest BCUT2D eigenvalue weighted by atomic mass is 10.1. The number of hydrogen-bond donors (Lipinski definition) is 1. The number of aliphatic hydroxyl groups is 1. The third-order valence-corrected chi connectivity index (χ3v) is 6.14. The first-order valence-electron chi connectivity index (χ1n) is 11.0. The standard InChI is InChI=1S/C26H24ClN3O3/c27-19-10-12-22(13-11-19)33-17-21(31)16-30-24-9-5-4-8-23(24)28-26(30)18-14-25(32)29(15-18)20-6-2-1-3-7-20/h1-13,18,21,31H,14-17H2/t18-,21-/m0/s1. The van der Waals surface area contributed by atoms with E-state index in [1.165, 1.54) is 0 Å². The van der Waals surface area contributed by atoms with Gasteiger partial charge in [-0.2, -0.15) is 0 Å². The van der Waals surface area contributed by atoms with Crippen LogP contribution < -0.4 is 9.64 Å². The number of nitrogens with zero attached hydrogens (tertiary/aromatic N) is 3. The van der Waals surface area contributed by atoms with Gasteiger partial charge >= 0.3 is 0 Å². The maximum atomic E-state index is 12.8. The second-order valence-electron chi connectivity index (χ2n) is 8.23. The van der Waals surface area contributed by atoms with E-state index in [1.807, 2.05) is 64.1 Å². The summed E-state index contributed by atoms with van der Waals surface area (Å²) in [5.41, 5.74) is 2.68. The van der Waals surface area contributed by atoms with Crippen LogP contribution in [-0.4, -0.2) is 39.8 Å². The first kappa shape index (κ1) is 21.5. The summed E-state index contributed by atoms with van der Waals surface area (Å²) in [6, 6.07) is 24.6. The number of imidazole rings is 1. The molecule has 1 aliphatic rings. The van der Waals surface area contributed by atoms with Crippen LogP contribution in [0.3, 0.4) is 0 Å². The third kappa shape index (κ3) is 4.58. The summed E-state index contributed by atoms with van der Waals surface area (Å²) in [5.74, 6) is 1.48. The fraction of sp³-hybridized carbons (Fsp3) is 0.231. The molecule has 6 nitrogen and oxygen atoms in total. The number of anilines is 1. The first-order chi connectivity index (χ1) is 16.1. The summed E-state index contributed by atoms with van der Waals surface area (Å²) < 4.78 is 7.76. The highest BCUT2D eigenvalue weighted by atomic mass is 35.5. The summed E-state index contributed by atoms with van der Waals surface area (Å²) in [5, 5.41) is 11.4. The normalized spacial score (nSPS) is 17.0. The van der Waals surface area contributed by atoms with Crippen LogP contribution in [0.15, 0.2) is 78.9 Å². The fourth-order valence-corrected chi connectivity index (χ4v) is 4.45. The van der Waals surface area contributed by atoms with Crippen LogP contribution in [0, 0.1) is 0 Å². The van der Waals surface area contributed by atoms with E-state index in [1.54, 1.807) is 24.3 Å². The molecule has 1 amide bonds. The van der Waals surface area contributed by atoms with Gasteiger partial charge in [-0.15, -0.1) is 0 Å². The number of ether oxygens (including phenoxy) is 1. The molecule has 7 heteroatoms. The average molecular weight is 462 g/mol. The zero-order valence-electron chi connectivity index (χ0n) is 18.0. The first-order valence-corrected chi connectivity index (χ1v) is 11.3. The van der Waals surface area contributed by atoms with E-state index in [2.05, 4.69) is 0 Å². The molecule has 5 rings (SSSR count). The van der Waals surface area contributed by atoms with Crippen molar-refractivity contribution in [1.29, 1.82) is 0 Å². The molecule has 0 saturated carbocycles. The van der Waals surface area contributed by atoms with E-state index in [9.17, 15) is 9.90 Å². The highest BCUT2D eigenvalue weighted by Gasteiger charge is 2.35. The Balaban J connectivity index is 1.37. The zero-order valence-corrected chi connectivity index (χ0v) is 18.7. The molecule has 1 N–H and O–H groups in total. The Morgan fingerprint density at radius 1 is 1.03 bits per heavy atom. The van der Waals surface area contributed by atoms with Gasteiger partial charge in [0.1, 0.15) is 24.3 Å². The van der Waals surface area contributed by atoms with Gasteiger partial charge in [0.25, 0.3) is 0 Å². The monoisotopic (exact) mass is 461 g/mol. The van der Waals surface area contributed by atoms with Crippen LogP contribution >= 0.6 is 11.6 Å². The topological polar surface area (TPSA) is 67.6 Å². The van der Waals surface area contributed by atoms with Gasteiger partial charge in [0, 0.05) is 29.6 Å². The average Bonchev–Trinajstić information content (AvgIpc) is 3.40. The van der Waals surface area contributed by atoms with Gasteiger partial charge in [-0.3, -0.25) is 4.79 Å². The van der Waals surface area contributed by atoms with Gasteiger partial charge in [-0.05, 0) is 48.5 Å². The molecule has 2 heterocycles. The van der Waals surface area contributed by atoms with E-state index in [0.717, 1.165) is 22.5 Å². The van der Waals surface area contributed by atoms with Crippen molar-refractivity contribution in [3.8, 4) is 5.75 Å². The van der Waals surface area contributed by atoms with Crippen molar-refractivity contribution < 1.29 is 14.6 Å². The molecule has 1 fully saturated rings. The number of aromatic nitrogens is 2. The summed E-state index contributed by atoms with van der Waals surface area (Å²) >= 11 is 5.92. The van der Waals surface area contributed by atoms with E-state index in [0.29, 0.717) is 30.3 Å². The van der Waals surface area contributed by atoms with E-state index < -0.39 is 6.10 Å². The second kappa shape index (κ2) is 9.25. The smallest absolute Gasteiger partial charge is 0.227 e. The molecule has 0 radical (unpaired) electrons. The predicted octanol–water partition coefficient (Wildman–Crippen LogP) is 4.65. The summed E-state index contributed by atoms with van der Waals surface area (Å²) in [4.78, 5) is 19.5. The van der Waals surface area contributed by atoms with Crippen LogP contribution in [0.4, 0.5) is 5.69 Å². The number of fused-ring (bicyclic) bond motifs is 1. The van der Waals surface area contributed by atoms with Gasteiger partial charge < -0.3 is 19.3 Å². The molecule has 0 spiro atoms. The molecular weight excluding hydrogens is 438 g/mol. The highest BCUT2D eigenvalue weighted by molar-refractivity contribution is 6.30. The largest absolute Gasteiger partial charge is 0.491 e. The lowest BCUT2D eigenvalue weighted by Gasteiger charge is -2.19. The minimum atomic E-state index is -0.751. The Kier molecular flexibility index (Phi) is 6.03. The molecule has 1 aliphatic heterocycles. The van der Waals surface area contributed by atoms with Gasteiger partial charge in [0.05, 0.1) is 17.6 Å². The van der Waals surface area contributed by atoms with Gasteiger partial charge in [-0.1, -0.05) is 41.9 Å². The van der Waals surface area contributed by atoms with Crippen molar-refractivity contribution in [2.45, 2.75) is 25.0 Å². The summed E-state index contributed by atoms with van der Waals surface area (Å²) in [6.07, 6.45) is -0.366. The van der Waals surface area contributed by atoms with Crippen molar-refractivity contribution in [2.75, 3.05) is 18.1 Å². The number of carbonyl (C=O) groups is 1. The number of aliphatic hydroxyl groups excluding tert-OH is 1. The Morgan fingerprint density at radius 3 is 2.55 bits per heavy atom. The summed E-state index contributed by atoms with van der Waals surface area (Å²) in [6.45, 7) is 1.01. The molecule has 0 aliphatic carbocycles. The van der Waals surface area contributed by atoms with Crippen molar-refractivity contribution in [3.63, 3.8) is 0 Å². The van der Waals surface area contributed by atoms with Gasteiger partial charge in [-0.25, -0.2) is 4.98 Å². The molecule has 0 bridgehead atoms.